The number of carboxylic acid groups (broad SMARTS) is 1. The summed E-state index contributed by atoms with van der Waals surface area (Å²) < 4.78 is 0. The minimum Gasteiger partial charge on any atom is -0.480 e. The number of nitrogens with one attached hydrogen (secondary N) is 5. The van der Waals surface area contributed by atoms with Gasteiger partial charge in [-0.25, -0.2) is 9.78 Å². The summed E-state index contributed by atoms with van der Waals surface area (Å²) in [6, 6.07) is -3.25. The van der Waals surface area contributed by atoms with Crippen LogP contribution in [0.2, 0.25) is 0 Å². The van der Waals surface area contributed by atoms with Gasteiger partial charge in [-0.15, -0.1) is 0 Å². The van der Waals surface area contributed by atoms with Gasteiger partial charge in [-0.2, -0.15) is 0 Å². The standard InChI is InChI=1S/C23H38N6O5/c1-5-14(4)19(29-20(30)16-7-6-8-25-16)22(32)27-17(9-13(2)3)21(31)28-18(23(33)34)10-15-11-24-12-26-15/h11-14,16-19,25H,5-10H2,1-4H3,(H,24,26)(H,27,32)(H,28,31)(H,29,30)(H,33,34). The number of carbonyl (C=O) groups excluding carboxylic acids is 3. The third kappa shape index (κ3) is 8.12. The number of nitrogens with zero attached hydrogens (tertiary/aromatic N) is 1. The van der Waals surface area contributed by atoms with Gasteiger partial charge in [0.25, 0.3) is 0 Å². The van der Waals surface area contributed by atoms with E-state index in [9.17, 15) is 24.3 Å². The van der Waals surface area contributed by atoms with Crippen molar-refractivity contribution in [3.8, 4) is 0 Å². The third-order valence-corrected chi connectivity index (χ3v) is 6.10. The Hall–Kier alpha value is -2.95. The van der Waals surface area contributed by atoms with Crippen LogP contribution in [-0.2, 0) is 25.6 Å². The number of carbonyl (C=O) groups is 4. The molecule has 0 radical (unpaired) electrons. The van der Waals surface area contributed by atoms with Crippen LogP contribution in [0.15, 0.2) is 12.5 Å². The van der Waals surface area contributed by atoms with Crippen LogP contribution >= 0.6 is 0 Å². The van der Waals surface area contributed by atoms with Crippen LogP contribution in [0, 0.1) is 11.8 Å². The molecule has 1 fully saturated rings. The summed E-state index contributed by atoms with van der Waals surface area (Å²) in [5.41, 5.74) is 0.567. The zero-order valence-corrected chi connectivity index (χ0v) is 20.4. The Morgan fingerprint density at radius 2 is 1.82 bits per heavy atom. The zero-order chi connectivity index (χ0) is 25.3. The highest BCUT2D eigenvalue weighted by Crippen LogP contribution is 2.13. The number of hydrogen-bond acceptors (Lipinski definition) is 6. The number of H-pyrrole nitrogens is 1. The maximum atomic E-state index is 13.2. The molecule has 34 heavy (non-hydrogen) atoms. The van der Waals surface area contributed by atoms with Crippen molar-refractivity contribution in [1.82, 2.24) is 31.2 Å². The van der Waals surface area contributed by atoms with Gasteiger partial charge in [0, 0.05) is 18.3 Å². The van der Waals surface area contributed by atoms with E-state index in [2.05, 4.69) is 31.2 Å². The summed E-state index contributed by atoms with van der Waals surface area (Å²) in [6.45, 7) is 8.38. The van der Waals surface area contributed by atoms with Crippen molar-refractivity contribution in [3.63, 3.8) is 0 Å². The van der Waals surface area contributed by atoms with Gasteiger partial charge in [-0.1, -0.05) is 34.1 Å². The van der Waals surface area contributed by atoms with Crippen LogP contribution in [0.25, 0.3) is 0 Å². The molecule has 1 aliphatic heterocycles. The maximum absolute atomic E-state index is 13.2. The highest BCUT2D eigenvalue weighted by atomic mass is 16.4. The summed E-state index contributed by atoms with van der Waals surface area (Å²) in [4.78, 5) is 57.3. The molecule has 2 heterocycles. The van der Waals surface area contributed by atoms with Crippen molar-refractivity contribution in [2.75, 3.05) is 6.54 Å². The van der Waals surface area contributed by atoms with E-state index in [1.165, 1.54) is 12.5 Å². The molecular formula is C23H38N6O5. The number of imidazole rings is 1. The van der Waals surface area contributed by atoms with E-state index in [0.717, 1.165) is 13.0 Å². The molecule has 0 aromatic carbocycles. The number of amides is 3. The normalized spacial score (nSPS) is 19.1. The first-order chi connectivity index (χ1) is 16.1. The number of hydrogen-bond donors (Lipinski definition) is 6. The molecule has 5 atom stereocenters. The van der Waals surface area contributed by atoms with Crippen LogP contribution in [0.4, 0.5) is 0 Å². The van der Waals surface area contributed by atoms with Crippen molar-refractivity contribution in [2.24, 2.45) is 11.8 Å². The Labute approximate surface area is 200 Å². The summed E-state index contributed by atoms with van der Waals surface area (Å²) in [6.07, 6.45) is 5.55. The number of aliphatic carboxylic acids is 1. The molecule has 0 aliphatic carbocycles. The molecule has 1 saturated heterocycles. The van der Waals surface area contributed by atoms with Gasteiger partial charge < -0.3 is 31.4 Å². The largest absolute Gasteiger partial charge is 0.480 e. The fourth-order valence-electron chi connectivity index (χ4n) is 3.92. The predicted molar refractivity (Wildman–Crippen MR) is 126 cm³/mol. The van der Waals surface area contributed by atoms with Gasteiger partial charge in [0.05, 0.1) is 12.4 Å². The summed E-state index contributed by atoms with van der Waals surface area (Å²) >= 11 is 0. The zero-order valence-electron chi connectivity index (χ0n) is 20.4. The Morgan fingerprint density at radius 3 is 2.35 bits per heavy atom. The highest BCUT2D eigenvalue weighted by Gasteiger charge is 2.33. The fraction of sp³-hybridized carbons (Fsp3) is 0.696. The van der Waals surface area contributed by atoms with E-state index in [1.807, 2.05) is 27.7 Å². The van der Waals surface area contributed by atoms with E-state index in [4.69, 9.17) is 0 Å². The lowest BCUT2D eigenvalue weighted by molar-refractivity contribution is -0.142. The molecule has 2 rings (SSSR count). The molecule has 11 heteroatoms. The molecule has 1 aliphatic rings. The number of aromatic nitrogens is 2. The summed E-state index contributed by atoms with van der Waals surface area (Å²) in [5, 5.41) is 20.8. The monoisotopic (exact) mass is 478 g/mol. The Bertz CT molecular complexity index is 822. The molecule has 1 aromatic rings. The third-order valence-electron chi connectivity index (χ3n) is 6.10. The molecule has 5 unspecified atom stereocenters. The van der Waals surface area contributed by atoms with Gasteiger partial charge in [-0.05, 0) is 37.6 Å². The van der Waals surface area contributed by atoms with E-state index in [0.29, 0.717) is 25.0 Å². The maximum Gasteiger partial charge on any atom is 0.326 e. The average molecular weight is 479 g/mol. The molecule has 1 aromatic heterocycles. The molecular weight excluding hydrogens is 440 g/mol. The first-order valence-electron chi connectivity index (χ1n) is 12.0. The second-order valence-electron chi connectivity index (χ2n) is 9.39. The molecule has 0 bridgehead atoms. The quantitative estimate of drug-likeness (QED) is 0.238. The van der Waals surface area contributed by atoms with Crippen molar-refractivity contribution in [3.05, 3.63) is 18.2 Å². The minimum absolute atomic E-state index is 0.0311. The van der Waals surface area contributed by atoms with Crippen molar-refractivity contribution < 1.29 is 24.3 Å². The lowest BCUT2D eigenvalue weighted by atomic mass is 9.96. The SMILES string of the molecule is CCC(C)C(NC(=O)C1CCCN1)C(=O)NC(CC(C)C)C(=O)NC(Cc1cnc[nH]1)C(=O)O. The topological polar surface area (TPSA) is 165 Å². The molecule has 0 spiro atoms. The Morgan fingerprint density at radius 1 is 1.12 bits per heavy atom. The second-order valence-corrected chi connectivity index (χ2v) is 9.39. The van der Waals surface area contributed by atoms with E-state index in [-0.39, 0.29) is 30.2 Å². The lowest BCUT2D eigenvalue weighted by Crippen LogP contribution is -2.58. The second kappa shape index (κ2) is 13.1. The van der Waals surface area contributed by atoms with Gasteiger partial charge in [0.2, 0.25) is 17.7 Å². The van der Waals surface area contributed by atoms with Gasteiger partial charge in [0.1, 0.15) is 18.1 Å². The van der Waals surface area contributed by atoms with Crippen LogP contribution in [0.1, 0.15) is 59.1 Å². The van der Waals surface area contributed by atoms with E-state index in [1.54, 1.807) is 0 Å². The number of carboxylic acids is 1. The first kappa shape index (κ1) is 27.3. The summed E-state index contributed by atoms with van der Waals surface area (Å²) in [7, 11) is 0. The smallest absolute Gasteiger partial charge is 0.326 e. The van der Waals surface area contributed by atoms with E-state index < -0.39 is 35.9 Å². The van der Waals surface area contributed by atoms with Crippen LogP contribution < -0.4 is 21.3 Å². The van der Waals surface area contributed by atoms with Crippen molar-refractivity contribution >= 4 is 23.7 Å². The van der Waals surface area contributed by atoms with Gasteiger partial charge >= 0.3 is 5.97 Å². The van der Waals surface area contributed by atoms with Crippen LogP contribution in [0.3, 0.4) is 0 Å². The Balaban J connectivity index is 2.11. The fourth-order valence-corrected chi connectivity index (χ4v) is 3.92. The average Bonchev–Trinajstić information content (AvgIpc) is 3.49. The molecule has 11 nitrogen and oxygen atoms in total. The summed E-state index contributed by atoms with van der Waals surface area (Å²) in [5.74, 6) is -2.55. The van der Waals surface area contributed by atoms with Crippen molar-refractivity contribution in [2.45, 2.75) is 84.0 Å². The molecule has 6 N–H and O–H groups in total. The van der Waals surface area contributed by atoms with Crippen LogP contribution in [0.5, 0.6) is 0 Å². The predicted octanol–water partition coefficient (Wildman–Crippen LogP) is 0.335. The molecule has 0 saturated carbocycles. The first-order valence-corrected chi connectivity index (χ1v) is 12.0. The van der Waals surface area contributed by atoms with E-state index >= 15 is 0 Å². The van der Waals surface area contributed by atoms with Crippen molar-refractivity contribution in [1.29, 1.82) is 0 Å². The molecule has 190 valence electrons. The van der Waals surface area contributed by atoms with Crippen LogP contribution in [-0.4, -0.2) is 69.5 Å². The van der Waals surface area contributed by atoms with Gasteiger partial charge in [-0.3, -0.25) is 14.4 Å². The Kier molecular flexibility index (Phi) is 10.5. The molecule has 3 amide bonds. The lowest BCUT2D eigenvalue weighted by Gasteiger charge is -2.28. The number of aromatic amines is 1. The van der Waals surface area contributed by atoms with Gasteiger partial charge in [0.15, 0.2) is 0 Å². The highest BCUT2D eigenvalue weighted by molar-refractivity contribution is 5.94. The number of rotatable bonds is 13. The minimum atomic E-state index is -1.19.